The summed E-state index contributed by atoms with van der Waals surface area (Å²) in [7, 11) is 0. The van der Waals surface area contributed by atoms with Crippen LogP contribution < -0.4 is 10.6 Å². The maximum absolute atomic E-state index is 4.85. The topological polar surface area (TPSA) is 28.1 Å². The molecule has 2 nitrogen and oxygen atoms in total. The van der Waals surface area contributed by atoms with Crippen molar-refractivity contribution in [1.29, 1.82) is 0 Å². The maximum atomic E-state index is 4.85. The van der Waals surface area contributed by atoms with Gasteiger partial charge in [-0.3, -0.25) is 0 Å². The molecule has 1 aliphatic carbocycles. The molecule has 0 bridgehead atoms. The minimum absolute atomic E-state index is 0.929. The summed E-state index contributed by atoms with van der Waals surface area (Å²) < 4.78 is 0. The smallest absolute Gasteiger partial charge is 0.0713 e. The summed E-state index contributed by atoms with van der Waals surface area (Å²) in [5, 5.41) is 4.92. The van der Waals surface area contributed by atoms with E-state index in [4.69, 9.17) is 4.99 Å². The molecule has 0 radical (unpaired) electrons. The van der Waals surface area contributed by atoms with E-state index in [0.717, 1.165) is 17.5 Å². The molecule has 2 aliphatic rings. The predicted octanol–water partition coefficient (Wildman–Crippen LogP) is 4.48. The van der Waals surface area contributed by atoms with Crippen LogP contribution in [0.1, 0.15) is 12.0 Å². The predicted molar refractivity (Wildman–Crippen MR) is 107 cm³/mol. The molecule has 1 aromatic heterocycles. The van der Waals surface area contributed by atoms with Gasteiger partial charge in [0.1, 0.15) is 0 Å². The van der Waals surface area contributed by atoms with E-state index >= 15 is 0 Å². The van der Waals surface area contributed by atoms with Crippen molar-refractivity contribution in [2.24, 2.45) is 4.99 Å². The molecule has 2 heteroatoms. The number of benzene rings is 3. The van der Waals surface area contributed by atoms with Crippen molar-refractivity contribution in [3.8, 4) is 0 Å². The summed E-state index contributed by atoms with van der Waals surface area (Å²) in [4.78, 5) is 8.46. The lowest BCUT2D eigenvalue weighted by atomic mass is 9.93. The van der Waals surface area contributed by atoms with Gasteiger partial charge in [-0.15, -0.1) is 0 Å². The SMILES string of the molecule is C1=C2N=c3ccccc3=C2CC=C1c1cccc2c1[nH]c1ccccc12. The average molecular weight is 332 g/mol. The van der Waals surface area contributed by atoms with Crippen LogP contribution in [0.4, 0.5) is 0 Å². The Hall–Kier alpha value is -3.39. The zero-order valence-corrected chi connectivity index (χ0v) is 14.2. The first kappa shape index (κ1) is 13.9. The minimum atomic E-state index is 0.929. The van der Waals surface area contributed by atoms with Crippen molar-refractivity contribution < 1.29 is 0 Å². The zero-order chi connectivity index (χ0) is 17.1. The number of hydrogen-bond acceptors (Lipinski definition) is 1. The van der Waals surface area contributed by atoms with Crippen LogP contribution in [0.15, 0.2) is 89.6 Å². The standard InChI is InChI=1S/C24H16N2/c1-3-10-21-17(6-1)19-13-12-15(14-23(19)25-21)16-8-5-9-20-18-7-2-4-11-22(18)26-24(16)20/h1-12,14,26H,13H2. The normalized spacial score (nSPS) is 15.5. The van der Waals surface area contributed by atoms with Gasteiger partial charge in [0.15, 0.2) is 0 Å². The van der Waals surface area contributed by atoms with Gasteiger partial charge in [0.25, 0.3) is 0 Å². The van der Waals surface area contributed by atoms with E-state index in [1.807, 2.05) is 0 Å². The number of H-pyrrole nitrogens is 1. The third-order valence-corrected chi connectivity index (χ3v) is 5.45. The van der Waals surface area contributed by atoms with Gasteiger partial charge in [-0.2, -0.15) is 0 Å². The Morgan fingerprint density at radius 2 is 1.65 bits per heavy atom. The van der Waals surface area contributed by atoms with E-state index in [2.05, 4.69) is 83.9 Å². The quantitative estimate of drug-likeness (QED) is 0.532. The second-order valence-electron chi connectivity index (χ2n) is 6.90. The van der Waals surface area contributed by atoms with Crippen molar-refractivity contribution in [3.05, 3.63) is 101 Å². The summed E-state index contributed by atoms with van der Waals surface area (Å²) >= 11 is 0. The number of fused-ring (bicyclic) bond motifs is 5. The second kappa shape index (κ2) is 5.06. The van der Waals surface area contributed by atoms with Gasteiger partial charge in [-0.25, -0.2) is 4.99 Å². The van der Waals surface area contributed by atoms with Crippen LogP contribution in [0.2, 0.25) is 0 Å². The number of hydrogen-bond donors (Lipinski definition) is 1. The summed E-state index contributed by atoms with van der Waals surface area (Å²) in [5.41, 5.74) is 7.33. The first-order valence-corrected chi connectivity index (χ1v) is 8.97. The van der Waals surface area contributed by atoms with Crippen molar-refractivity contribution in [2.45, 2.75) is 6.42 Å². The van der Waals surface area contributed by atoms with Crippen molar-refractivity contribution in [3.63, 3.8) is 0 Å². The van der Waals surface area contributed by atoms with Crippen LogP contribution in [-0.4, -0.2) is 4.98 Å². The fourth-order valence-corrected chi connectivity index (χ4v) is 4.22. The molecular formula is C24H16N2. The lowest BCUT2D eigenvalue weighted by Gasteiger charge is -2.13. The van der Waals surface area contributed by atoms with Crippen LogP contribution in [0.3, 0.4) is 0 Å². The molecule has 0 spiro atoms. The van der Waals surface area contributed by atoms with E-state index < -0.39 is 0 Å². The van der Waals surface area contributed by atoms with Gasteiger partial charge in [0.2, 0.25) is 0 Å². The summed E-state index contributed by atoms with van der Waals surface area (Å²) in [6, 6.07) is 23.5. The van der Waals surface area contributed by atoms with E-state index in [0.29, 0.717) is 0 Å². The van der Waals surface area contributed by atoms with E-state index in [1.54, 1.807) is 0 Å². The van der Waals surface area contributed by atoms with E-state index in [-0.39, 0.29) is 0 Å². The molecule has 0 saturated heterocycles. The highest BCUT2D eigenvalue weighted by molar-refractivity contribution is 6.11. The molecular weight excluding hydrogens is 316 g/mol. The molecule has 0 amide bonds. The van der Waals surface area contributed by atoms with Gasteiger partial charge in [0.05, 0.1) is 16.6 Å². The number of aromatic nitrogens is 1. The van der Waals surface area contributed by atoms with Gasteiger partial charge < -0.3 is 4.98 Å². The lowest BCUT2D eigenvalue weighted by molar-refractivity contribution is 1.28. The van der Waals surface area contributed by atoms with Gasteiger partial charge in [0, 0.05) is 27.1 Å². The van der Waals surface area contributed by atoms with Gasteiger partial charge in [-0.1, -0.05) is 60.7 Å². The third kappa shape index (κ3) is 1.84. The summed E-state index contributed by atoms with van der Waals surface area (Å²) in [6.07, 6.45) is 5.49. The molecule has 4 aromatic rings. The molecule has 1 N–H and O–H groups in total. The zero-order valence-electron chi connectivity index (χ0n) is 14.2. The van der Waals surface area contributed by atoms with Crippen LogP contribution in [0, 0.1) is 0 Å². The van der Waals surface area contributed by atoms with Crippen LogP contribution in [-0.2, 0) is 0 Å². The molecule has 2 heterocycles. The van der Waals surface area contributed by atoms with Crippen LogP contribution in [0.25, 0.3) is 33.0 Å². The Bertz CT molecular complexity index is 1400. The third-order valence-electron chi connectivity index (χ3n) is 5.45. The number of nitrogens with zero attached hydrogens (tertiary/aromatic N) is 1. The average Bonchev–Trinajstić information content (AvgIpc) is 3.25. The first-order valence-electron chi connectivity index (χ1n) is 8.97. The van der Waals surface area contributed by atoms with Crippen molar-refractivity contribution >= 4 is 33.0 Å². The first-order chi connectivity index (χ1) is 12.9. The molecule has 0 saturated carbocycles. The number of rotatable bonds is 1. The lowest BCUT2D eigenvalue weighted by Crippen LogP contribution is -2.21. The van der Waals surface area contributed by atoms with Gasteiger partial charge in [-0.05, 0) is 35.8 Å². The highest BCUT2D eigenvalue weighted by Crippen LogP contribution is 2.35. The van der Waals surface area contributed by atoms with Crippen molar-refractivity contribution in [1.82, 2.24) is 4.98 Å². The highest BCUT2D eigenvalue weighted by Gasteiger charge is 2.18. The fourth-order valence-electron chi connectivity index (χ4n) is 4.22. The molecule has 26 heavy (non-hydrogen) atoms. The molecule has 0 fully saturated rings. The molecule has 6 rings (SSSR count). The molecule has 0 unspecified atom stereocenters. The molecule has 3 aromatic carbocycles. The monoisotopic (exact) mass is 332 g/mol. The number of nitrogens with one attached hydrogen (secondary N) is 1. The Kier molecular flexibility index (Phi) is 2.69. The minimum Gasteiger partial charge on any atom is -0.354 e. The van der Waals surface area contributed by atoms with E-state index in [9.17, 15) is 0 Å². The van der Waals surface area contributed by atoms with E-state index in [1.165, 1.54) is 43.7 Å². The second-order valence-corrected chi connectivity index (χ2v) is 6.90. The van der Waals surface area contributed by atoms with Crippen LogP contribution in [0.5, 0.6) is 0 Å². The Balaban J connectivity index is 1.57. The highest BCUT2D eigenvalue weighted by atomic mass is 14.8. The molecule has 1 aliphatic heterocycles. The summed E-state index contributed by atoms with van der Waals surface area (Å²) in [6.45, 7) is 0. The number of para-hydroxylation sites is 3. The Labute approximate surface area is 150 Å². The number of aromatic amines is 1. The van der Waals surface area contributed by atoms with Crippen LogP contribution >= 0.6 is 0 Å². The fraction of sp³-hybridized carbons (Fsp3) is 0.0417. The summed E-state index contributed by atoms with van der Waals surface area (Å²) in [5.74, 6) is 0. The molecule has 0 atom stereocenters. The Morgan fingerprint density at radius 3 is 2.65 bits per heavy atom. The number of allylic oxidation sites excluding steroid dienone is 4. The largest absolute Gasteiger partial charge is 0.354 e. The maximum Gasteiger partial charge on any atom is 0.0713 e. The Morgan fingerprint density at radius 1 is 0.808 bits per heavy atom. The van der Waals surface area contributed by atoms with Crippen molar-refractivity contribution in [2.75, 3.05) is 0 Å². The molecule has 122 valence electrons. The van der Waals surface area contributed by atoms with Gasteiger partial charge >= 0.3 is 0 Å².